The number of amides is 1. The molecule has 2 N–H and O–H groups in total. The van der Waals surface area contributed by atoms with Crippen LogP contribution < -0.4 is 10.0 Å². The van der Waals surface area contributed by atoms with Crippen LogP contribution in [0.2, 0.25) is 0 Å². The minimum Gasteiger partial charge on any atom is -0.350 e. The molecule has 156 valence electrons. The molecule has 0 spiro atoms. The van der Waals surface area contributed by atoms with Crippen molar-refractivity contribution in [3.63, 3.8) is 0 Å². The first-order valence-corrected chi connectivity index (χ1v) is 11.0. The number of nitrogens with zero attached hydrogens (tertiary/aromatic N) is 1. The Morgan fingerprint density at radius 1 is 0.867 bits per heavy atom. The highest BCUT2D eigenvalue weighted by Gasteiger charge is 2.17. The number of hydrogen-bond acceptors (Lipinski definition) is 4. The van der Waals surface area contributed by atoms with Crippen LogP contribution in [0.1, 0.15) is 22.0 Å². The number of rotatable bonds is 8. The largest absolute Gasteiger partial charge is 0.350 e. The summed E-state index contributed by atoms with van der Waals surface area (Å²) in [6, 6.07) is 24.5. The Morgan fingerprint density at radius 2 is 1.43 bits per heavy atom. The van der Waals surface area contributed by atoms with Crippen LogP contribution >= 0.6 is 0 Å². The van der Waals surface area contributed by atoms with Gasteiger partial charge in [0.25, 0.3) is 15.9 Å². The highest BCUT2D eigenvalue weighted by Crippen LogP contribution is 2.18. The highest BCUT2D eigenvalue weighted by molar-refractivity contribution is 7.92. The zero-order valence-electron chi connectivity index (χ0n) is 16.9. The van der Waals surface area contributed by atoms with E-state index in [-0.39, 0.29) is 16.8 Å². The molecule has 0 aliphatic rings. The Balaban J connectivity index is 1.66. The fourth-order valence-corrected chi connectivity index (χ4v) is 4.13. The fraction of sp³-hybridized carbons (Fsp3) is 0.174. The maximum atomic E-state index is 12.6. The Morgan fingerprint density at radius 3 is 2.00 bits per heavy atom. The van der Waals surface area contributed by atoms with Crippen molar-refractivity contribution in [3.05, 3.63) is 96.1 Å². The fourth-order valence-electron chi connectivity index (χ4n) is 3.07. The minimum absolute atomic E-state index is 0.0323. The second-order valence-corrected chi connectivity index (χ2v) is 8.78. The molecule has 0 saturated heterocycles. The molecule has 1 atom stereocenters. The lowest BCUT2D eigenvalue weighted by Crippen LogP contribution is -2.34. The van der Waals surface area contributed by atoms with Crippen LogP contribution in [0, 0.1) is 0 Å². The van der Waals surface area contributed by atoms with Gasteiger partial charge in [-0.1, -0.05) is 48.5 Å². The van der Waals surface area contributed by atoms with Crippen molar-refractivity contribution in [3.8, 4) is 0 Å². The van der Waals surface area contributed by atoms with Gasteiger partial charge in [-0.05, 0) is 56.1 Å². The lowest BCUT2D eigenvalue weighted by molar-refractivity contribution is 0.0942. The van der Waals surface area contributed by atoms with E-state index in [1.165, 1.54) is 24.3 Å². The molecule has 0 fully saturated rings. The molecule has 7 heteroatoms. The second-order valence-electron chi connectivity index (χ2n) is 7.10. The summed E-state index contributed by atoms with van der Waals surface area (Å²) in [6.07, 6.45) is 0. The van der Waals surface area contributed by atoms with E-state index in [2.05, 4.69) is 10.0 Å². The first-order valence-electron chi connectivity index (χ1n) is 9.54. The van der Waals surface area contributed by atoms with Gasteiger partial charge in [0.15, 0.2) is 0 Å². The molecule has 0 bridgehead atoms. The number of sulfonamides is 1. The lowest BCUT2D eigenvalue weighted by atomic mass is 10.1. The molecule has 0 aliphatic heterocycles. The summed E-state index contributed by atoms with van der Waals surface area (Å²) in [5, 5.41) is 2.93. The molecule has 0 aliphatic carbocycles. The normalized spacial score (nSPS) is 12.4. The molecule has 3 rings (SSSR count). The Bertz CT molecular complexity index is 1070. The number of benzene rings is 3. The zero-order chi connectivity index (χ0) is 21.6. The molecule has 0 aromatic heterocycles. The van der Waals surface area contributed by atoms with Crippen molar-refractivity contribution < 1.29 is 13.2 Å². The van der Waals surface area contributed by atoms with Gasteiger partial charge in [-0.2, -0.15) is 0 Å². The molecule has 0 saturated carbocycles. The highest BCUT2D eigenvalue weighted by atomic mass is 32.2. The van der Waals surface area contributed by atoms with E-state index in [1.807, 2.05) is 55.4 Å². The van der Waals surface area contributed by atoms with Crippen molar-refractivity contribution in [2.24, 2.45) is 0 Å². The van der Waals surface area contributed by atoms with E-state index < -0.39 is 10.0 Å². The molecule has 3 aromatic rings. The maximum Gasteiger partial charge on any atom is 0.261 e. The van der Waals surface area contributed by atoms with E-state index in [9.17, 15) is 13.2 Å². The third-order valence-corrected chi connectivity index (χ3v) is 6.11. The van der Waals surface area contributed by atoms with Gasteiger partial charge in [-0.3, -0.25) is 9.52 Å². The number of carbonyl (C=O) groups is 1. The summed E-state index contributed by atoms with van der Waals surface area (Å²) in [6.45, 7) is 0.436. The molecule has 0 unspecified atom stereocenters. The molecule has 3 aromatic carbocycles. The van der Waals surface area contributed by atoms with Gasteiger partial charge >= 0.3 is 0 Å². The number of nitrogens with one attached hydrogen (secondary N) is 2. The van der Waals surface area contributed by atoms with Crippen LogP contribution in [0.4, 0.5) is 5.69 Å². The predicted molar refractivity (Wildman–Crippen MR) is 119 cm³/mol. The smallest absolute Gasteiger partial charge is 0.261 e. The predicted octanol–water partition coefficient (Wildman–Crippen LogP) is 3.52. The summed E-state index contributed by atoms with van der Waals surface area (Å²) in [5.41, 5.74) is 1.99. The third kappa shape index (κ3) is 5.46. The quantitative estimate of drug-likeness (QED) is 0.581. The average molecular weight is 424 g/mol. The van der Waals surface area contributed by atoms with Crippen LogP contribution in [-0.2, 0) is 10.0 Å². The molecular weight excluding hydrogens is 398 g/mol. The molecule has 0 heterocycles. The number of para-hydroxylation sites is 1. The second kappa shape index (κ2) is 9.56. The number of hydrogen-bond donors (Lipinski definition) is 2. The molecule has 1 amide bonds. The number of likely N-dealkylation sites (N-methyl/N-ethyl adjacent to an activating group) is 1. The first-order chi connectivity index (χ1) is 14.4. The van der Waals surface area contributed by atoms with Gasteiger partial charge < -0.3 is 10.2 Å². The molecule has 6 nitrogen and oxygen atoms in total. The van der Waals surface area contributed by atoms with E-state index >= 15 is 0 Å². The topological polar surface area (TPSA) is 78.5 Å². The third-order valence-electron chi connectivity index (χ3n) is 4.72. The van der Waals surface area contributed by atoms with E-state index in [4.69, 9.17) is 0 Å². The van der Waals surface area contributed by atoms with E-state index in [0.717, 1.165) is 5.56 Å². The van der Waals surface area contributed by atoms with Crippen molar-refractivity contribution in [1.29, 1.82) is 0 Å². The van der Waals surface area contributed by atoms with E-state index in [0.29, 0.717) is 17.8 Å². The van der Waals surface area contributed by atoms with Crippen molar-refractivity contribution in [1.82, 2.24) is 10.2 Å². The van der Waals surface area contributed by atoms with Gasteiger partial charge in [0, 0.05) is 17.8 Å². The monoisotopic (exact) mass is 423 g/mol. The van der Waals surface area contributed by atoms with Crippen LogP contribution in [-0.4, -0.2) is 39.9 Å². The van der Waals surface area contributed by atoms with Gasteiger partial charge in [0.1, 0.15) is 0 Å². The standard InChI is InChI=1S/C23H25N3O3S/c1-26(2)22(18-9-5-3-6-10-18)17-24-23(27)19-13-15-21(16-14-19)30(28,29)25-20-11-7-4-8-12-20/h3-16,22,25H,17H2,1-2H3,(H,24,27)/t22-/m1/s1. The summed E-state index contributed by atoms with van der Waals surface area (Å²) in [7, 11) is 0.206. The van der Waals surface area contributed by atoms with Crippen molar-refractivity contribution in [2.45, 2.75) is 10.9 Å². The molecule has 0 radical (unpaired) electrons. The van der Waals surface area contributed by atoms with Crippen LogP contribution in [0.25, 0.3) is 0 Å². The summed E-state index contributed by atoms with van der Waals surface area (Å²) >= 11 is 0. The van der Waals surface area contributed by atoms with Gasteiger partial charge in [-0.15, -0.1) is 0 Å². The van der Waals surface area contributed by atoms with Crippen LogP contribution in [0.3, 0.4) is 0 Å². The van der Waals surface area contributed by atoms with Gasteiger partial charge in [0.2, 0.25) is 0 Å². The SMILES string of the molecule is CN(C)[C@H](CNC(=O)c1ccc(S(=O)(=O)Nc2ccccc2)cc1)c1ccccc1. The minimum atomic E-state index is -3.72. The van der Waals surface area contributed by atoms with E-state index in [1.54, 1.807) is 24.3 Å². The average Bonchev–Trinajstić information content (AvgIpc) is 2.75. The number of anilines is 1. The maximum absolute atomic E-state index is 12.6. The van der Waals surface area contributed by atoms with Gasteiger partial charge in [0.05, 0.1) is 10.9 Å². The first kappa shape index (κ1) is 21.5. The number of carbonyl (C=O) groups excluding carboxylic acids is 1. The summed E-state index contributed by atoms with van der Waals surface area (Å²) in [5.74, 6) is -0.252. The lowest BCUT2D eigenvalue weighted by Gasteiger charge is -2.25. The Kier molecular flexibility index (Phi) is 6.87. The summed E-state index contributed by atoms with van der Waals surface area (Å²) < 4.78 is 27.5. The summed E-state index contributed by atoms with van der Waals surface area (Å²) in [4.78, 5) is 14.7. The Labute approximate surface area is 177 Å². The van der Waals surface area contributed by atoms with Gasteiger partial charge in [-0.25, -0.2) is 8.42 Å². The molecule has 30 heavy (non-hydrogen) atoms. The molecular formula is C23H25N3O3S. The van der Waals surface area contributed by atoms with Crippen LogP contribution in [0.5, 0.6) is 0 Å². The van der Waals surface area contributed by atoms with Crippen molar-refractivity contribution in [2.75, 3.05) is 25.4 Å². The van der Waals surface area contributed by atoms with Crippen LogP contribution in [0.15, 0.2) is 89.8 Å². The zero-order valence-corrected chi connectivity index (χ0v) is 17.8. The van der Waals surface area contributed by atoms with Crippen molar-refractivity contribution >= 4 is 21.6 Å². The Hall–Kier alpha value is -3.16.